The fourth-order valence-corrected chi connectivity index (χ4v) is 6.41. The van der Waals surface area contributed by atoms with Gasteiger partial charge in [-0.05, 0) is 82.5 Å². The van der Waals surface area contributed by atoms with Crippen LogP contribution in [-0.2, 0) is 14.3 Å². The molecule has 0 radical (unpaired) electrons. The number of hydrogen-bond acceptors (Lipinski definition) is 6. The van der Waals surface area contributed by atoms with Gasteiger partial charge in [0.15, 0.2) is 5.96 Å². The molecule has 1 aliphatic heterocycles. The Balaban J connectivity index is 1.35. The second-order valence-electron chi connectivity index (χ2n) is 11.1. The van der Waals surface area contributed by atoms with Crippen molar-refractivity contribution in [3.8, 4) is 0 Å². The Morgan fingerprint density at radius 1 is 0.914 bits per heavy atom. The molecule has 0 spiro atoms. The maximum atomic E-state index is 13.6. The molecular weight excluding hydrogens is 449 g/mol. The molecule has 0 aromatic carbocycles. The molecule has 0 aromatic rings. The second-order valence-corrected chi connectivity index (χ2v) is 11.1. The number of carbonyl (C=O) groups excluding carboxylic acids is 1. The van der Waals surface area contributed by atoms with Gasteiger partial charge in [-0.15, -0.1) is 0 Å². The molecule has 4 N–H and O–H groups in total. The number of nitrogens with zero attached hydrogens (tertiary/aromatic N) is 1. The highest BCUT2D eigenvalue weighted by Gasteiger charge is 2.34. The third-order valence-corrected chi connectivity index (χ3v) is 8.66. The minimum atomic E-state index is -0.640. The van der Waals surface area contributed by atoms with Crippen LogP contribution in [0.15, 0.2) is 4.99 Å². The van der Waals surface area contributed by atoms with Gasteiger partial charge in [0.05, 0.1) is 18.4 Å². The fraction of sp³-hybridized carbons (Fsp3) is 0.923. The van der Waals surface area contributed by atoms with Crippen LogP contribution in [0, 0.1) is 17.8 Å². The van der Waals surface area contributed by atoms with Gasteiger partial charge in [0.1, 0.15) is 6.17 Å². The van der Waals surface area contributed by atoms with Gasteiger partial charge in [0, 0.05) is 32.7 Å². The summed E-state index contributed by atoms with van der Waals surface area (Å²) in [5.41, 5.74) is 6.75. The minimum absolute atomic E-state index is 0.0280. The first-order valence-electron chi connectivity index (χ1n) is 13.9. The molecule has 200 valence electrons. The zero-order valence-corrected chi connectivity index (χ0v) is 21.6. The Bertz CT molecular complexity index is 702. The summed E-state index contributed by atoms with van der Waals surface area (Å²) in [5, 5.41) is 6.58. The van der Waals surface area contributed by atoms with Crippen molar-refractivity contribution in [3.63, 3.8) is 0 Å². The van der Waals surface area contributed by atoms with Crippen LogP contribution in [0.1, 0.15) is 83.5 Å². The van der Waals surface area contributed by atoms with Crippen LogP contribution in [0.5, 0.6) is 0 Å². The standard InChI is InChI=1S/C26H46FN5O3/c1-34-21-7-3-5-17(13-21)16-28-26(30-25(33)19-6-4-8-22(14-19)35-2)29-24-15-23(31-32-24)18-9-11-20(27)12-10-18/h17-24,31-32H,3-16H2,1-2H3,(H2,28,29,30,33). The first-order valence-corrected chi connectivity index (χ1v) is 13.9. The lowest BCUT2D eigenvalue weighted by Gasteiger charge is -2.29. The number of methoxy groups -OCH3 is 2. The number of nitrogens with one attached hydrogen (secondary N) is 4. The summed E-state index contributed by atoms with van der Waals surface area (Å²) < 4.78 is 24.7. The summed E-state index contributed by atoms with van der Waals surface area (Å²) in [6.07, 6.45) is 12.0. The highest BCUT2D eigenvalue weighted by molar-refractivity contribution is 5.98. The van der Waals surface area contributed by atoms with Crippen LogP contribution in [0.4, 0.5) is 4.39 Å². The van der Waals surface area contributed by atoms with E-state index in [1.165, 1.54) is 0 Å². The minimum Gasteiger partial charge on any atom is -0.381 e. The number of ether oxygens (including phenoxy) is 2. The van der Waals surface area contributed by atoms with Crippen molar-refractivity contribution in [3.05, 3.63) is 0 Å². The van der Waals surface area contributed by atoms with E-state index in [4.69, 9.17) is 14.5 Å². The van der Waals surface area contributed by atoms with Crippen molar-refractivity contribution in [1.29, 1.82) is 0 Å². The van der Waals surface area contributed by atoms with Gasteiger partial charge in [-0.1, -0.05) is 12.8 Å². The van der Waals surface area contributed by atoms with Crippen molar-refractivity contribution in [2.45, 2.75) is 114 Å². The van der Waals surface area contributed by atoms with Crippen LogP contribution in [0.25, 0.3) is 0 Å². The van der Waals surface area contributed by atoms with Gasteiger partial charge >= 0.3 is 0 Å². The first-order chi connectivity index (χ1) is 17.0. The third kappa shape index (κ3) is 7.84. The van der Waals surface area contributed by atoms with Gasteiger partial charge in [-0.3, -0.25) is 20.5 Å². The molecule has 6 atom stereocenters. The van der Waals surface area contributed by atoms with E-state index in [2.05, 4.69) is 21.5 Å². The van der Waals surface area contributed by atoms with E-state index >= 15 is 0 Å². The number of halogens is 1. The molecule has 3 aliphatic carbocycles. The highest BCUT2D eigenvalue weighted by Crippen LogP contribution is 2.31. The van der Waals surface area contributed by atoms with Gasteiger partial charge in [0.25, 0.3) is 0 Å². The molecule has 9 heteroatoms. The molecule has 3 saturated carbocycles. The third-order valence-electron chi connectivity index (χ3n) is 8.66. The average Bonchev–Trinajstić information content (AvgIpc) is 3.36. The van der Waals surface area contributed by atoms with E-state index in [0.29, 0.717) is 49.3 Å². The van der Waals surface area contributed by atoms with E-state index in [-0.39, 0.29) is 24.1 Å². The lowest BCUT2D eigenvalue weighted by molar-refractivity contribution is -0.126. The second kappa shape index (κ2) is 13.3. The SMILES string of the molecule is COC1CCCC(CN=C(NC(=O)C2CCCC(OC)C2)NC2CC(C3CCC(F)CC3)NN2)C1. The Morgan fingerprint density at radius 3 is 2.37 bits per heavy atom. The van der Waals surface area contributed by atoms with Crippen LogP contribution < -0.4 is 21.5 Å². The predicted molar refractivity (Wildman–Crippen MR) is 134 cm³/mol. The Kier molecular flexibility index (Phi) is 10.2. The van der Waals surface area contributed by atoms with E-state index in [0.717, 1.165) is 70.6 Å². The van der Waals surface area contributed by atoms with Crippen LogP contribution in [0.2, 0.25) is 0 Å². The number of carbonyl (C=O) groups is 1. The molecular formula is C26H46FN5O3. The molecule has 1 heterocycles. The quantitative estimate of drug-likeness (QED) is 0.320. The molecule has 0 bridgehead atoms. The molecule has 6 unspecified atom stereocenters. The predicted octanol–water partition coefficient (Wildman–Crippen LogP) is 3.18. The molecule has 35 heavy (non-hydrogen) atoms. The van der Waals surface area contributed by atoms with Gasteiger partial charge in [-0.2, -0.15) is 0 Å². The van der Waals surface area contributed by atoms with Crippen molar-refractivity contribution in [1.82, 2.24) is 21.5 Å². The molecule has 4 fully saturated rings. The Morgan fingerprint density at radius 2 is 1.63 bits per heavy atom. The zero-order chi connectivity index (χ0) is 24.6. The average molecular weight is 496 g/mol. The lowest BCUT2D eigenvalue weighted by Crippen LogP contribution is -2.52. The number of hydrogen-bond donors (Lipinski definition) is 4. The van der Waals surface area contributed by atoms with E-state index in [9.17, 15) is 9.18 Å². The number of hydrazine groups is 1. The first kappa shape index (κ1) is 26.8. The number of amides is 1. The fourth-order valence-electron chi connectivity index (χ4n) is 6.41. The molecule has 4 aliphatic rings. The normalized spacial score (nSPS) is 38.8. The topological polar surface area (TPSA) is 96.0 Å². The van der Waals surface area contributed by atoms with Crippen molar-refractivity contribution >= 4 is 11.9 Å². The highest BCUT2D eigenvalue weighted by atomic mass is 19.1. The maximum absolute atomic E-state index is 13.6. The molecule has 0 aromatic heterocycles. The lowest BCUT2D eigenvalue weighted by atomic mass is 9.82. The number of aliphatic imine (C=N–C) groups is 1. The maximum Gasteiger partial charge on any atom is 0.229 e. The summed E-state index contributed by atoms with van der Waals surface area (Å²) in [4.78, 5) is 18.0. The van der Waals surface area contributed by atoms with E-state index in [1.54, 1.807) is 14.2 Å². The number of guanidine groups is 1. The summed E-state index contributed by atoms with van der Waals surface area (Å²) in [7, 11) is 3.52. The molecule has 1 saturated heterocycles. The Hall–Kier alpha value is -1.29. The largest absolute Gasteiger partial charge is 0.381 e. The monoisotopic (exact) mass is 495 g/mol. The zero-order valence-electron chi connectivity index (χ0n) is 21.6. The van der Waals surface area contributed by atoms with Crippen molar-refractivity contribution in [2.75, 3.05) is 20.8 Å². The summed E-state index contributed by atoms with van der Waals surface area (Å²) in [6.45, 7) is 0.678. The van der Waals surface area contributed by atoms with Crippen LogP contribution in [0.3, 0.4) is 0 Å². The molecule has 8 nitrogen and oxygen atoms in total. The summed E-state index contributed by atoms with van der Waals surface area (Å²) in [5.74, 6) is 1.49. The van der Waals surface area contributed by atoms with Crippen molar-refractivity contribution in [2.24, 2.45) is 22.7 Å². The van der Waals surface area contributed by atoms with Gasteiger partial charge in [-0.25, -0.2) is 9.82 Å². The van der Waals surface area contributed by atoms with E-state index < -0.39 is 6.17 Å². The Labute approximate surface area is 209 Å². The number of alkyl halides is 1. The molecule has 1 amide bonds. The smallest absolute Gasteiger partial charge is 0.229 e. The molecule has 4 rings (SSSR count). The number of rotatable bonds is 7. The van der Waals surface area contributed by atoms with Crippen LogP contribution >= 0.6 is 0 Å². The van der Waals surface area contributed by atoms with Crippen molar-refractivity contribution < 1.29 is 18.7 Å². The van der Waals surface area contributed by atoms with Crippen LogP contribution in [-0.4, -0.2) is 63.2 Å². The summed E-state index contributed by atoms with van der Waals surface area (Å²) >= 11 is 0. The van der Waals surface area contributed by atoms with E-state index in [1.807, 2.05) is 0 Å². The summed E-state index contributed by atoms with van der Waals surface area (Å²) in [6, 6.07) is 0.304. The van der Waals surface area contributed by atoms with Gasteiger partial charge < -0.3 is 14.8 Å². The van der Waals surface area contributed by atoms with Gasteiger partial charge in [0.2, 0.25) is 5.91 Å².